The summed E-state index contributed by atoms with van der Waals surface area (Å²) in [6.07, 6.45) is 0. The standard InChI is InChI=1S/C20H14O3S/c21-19(15-9-3-1-4-10-15)23-17-13-7-8-14-18(17)24-20(22)16-11-5-2-6-12-16/h1-14H. The normalized spacial score (nSPS) is 10.2. The Bertz CT molecular complexity index is 773. The average Bonchev–Trinajstić information content (AvgIpc) is 2.64. The van der Waals surface area contributed by atoms with Gasteiger partial charge in [-0.3, -0.25) is 4.79 Å². The summed E-state index contributed by atoms with van der Waals surface area (Å²) in [6.45, 7) is 0. The van der Waals surface area contributed by atoms with Crippen LogP contribution in [-0.2, 0) is 0 Å². The molecule has 3 rings (SSSR count). The van der Waals surface area contributed by atoms with E-state index in [1.807, 2.05) is 24.3 Å². The Labute approximate surface area is 144 Å². The zero-order valence-corrected chi connectivity index (χ0v) is 13.5. The summed E-state index contributed by atoms with van der Waals surface area (Å²) in [6, 6.07) is 24.8. The molecule has 4 heteroatoms. The van der Waals surface area contributed by atoms with Crippen molar-refractivity contribution in [3.8, 4) is 5.75 Å². The van der Waals surface area contributed by atoms with E-state index in [9.17, 15) is 9.59 Å². The highest BCUT2D eigenvalue weighted by atomic mass is 32.2. The quantitative estimate of drug-likeness (QED) is 0.389. The molecule has 0 bridgehead atoms. The van der Waals surface area contributed by atoms with E-state index < -0.39 is 5.97 Å². The van der Waals surface area contributed by atoms with E-state index in [4.69, 9.17) is 4.74 Å². The Balaban J connectivity index is 1.78. The minimum Gasteiger partial charge on any atom is -0.422 e. The van der Waals surface area contributed by atoms with Crippen LogP contribution in [0, 0.1) is 0 Å². The molecule has 3 nitrogen and oxygen atoms in total. The van der Waals surface area contributed by atoms with Gasteiger partial charge in [0.2, 0.25) is 5.12 Å². The fraction of sp³-hybridized carbons (Fsp3) is 0. The minimum absolute atomic E-state index is 0.0983. The van der Waals surface area contributed by atoms with Gasteiger partial charge in [0.25, 0.3) is 0 Å². The third kappa shape index (κ3) is 3.91. The molecule has 0 N–H and O–H groups in total. The molecular weight excluding hydrogens is 320 g/mol. The van der Waals surface area contributed by atoms with Gasteiger partial charge in [-0.25, -0.2) is 4.79 Å². The van der Waals surface area contributed by atoms with Crippen molar-refractivity contribution >= 4 is 22.8 Å². The van der Waals surface area contributed by atoms with Crippen molar-refractivity contribution in [3.05, 3.63) is 96.1 Å². The molecule has 0 heterocycles. The molecule has 0 saturated heterocycles. The van der Waals surface area contributed by atoms with Crippen LogP contribution >= 0.6 is 11.8 Å². The highest BCUT2D eigenvalue weighted by Crippen LogP contribution is 2.32. The first-order chi connectivity index (χ1) is 11.7. The maximum Gasteiger partial charge on any atom is 0.343 e. The number of hydrogen-bond donors (Lipinski definition) is 0. The minimum atomic E-state index is -0.448. The lowest BCUT2D eigenvalue weighted by Gasteiger charge is -2.09. The molecule has 0 atom stereocenters. The van der Waals surface area contributed by atoms with Crippen molar-refractivity contribution in [3.63, 3.8) is 0 Å². The van der Waals surface area contributed by atoms with Crippen molar-refractivity contribution < 1.29 is 14.3 Å². The molecule has 0 amide bonds. The van der Waals surface area contributed by atoms with Crippen molar-refractivity contribution in [2.45, 2.75) is 4.90 Å². The summed E-state index contributed by atoms with van der Waals surface area (Å²) in [4.78, 5) is 25.2. The lowest BCUT2D eigenvalue weighted by molar-refractivity contribution is 0.0730. The topological polar surface area (TPSA) is 43.4 Å². The van der Waals surface area contributed by atoms with Gasteiger partial charge in [-0.1, -0.05) is 60.7 Å². The Morgan fingerprint density at radius 1 is 0.667 bits per heavy atom. The molecule has 24 heavy (non-hydrogen) atoms. The molecule has 0 unspecified atom stereocenters. The zero-order chi connectivity index (χ0) is 16.8. The smallest absolute Gasteiger partial charge is 0.343 e. The molecule has 0 fully saturated rings. The van der Waals surface area contributed by atoms with E-state index in [0.717, 1.165) is 11.8 Å². The maximum atomic E-state index is 12.3. The first-order valence-corrected chi connectivity index (χ1v) is 8.19. The number of carbonyl (C=O) groups excluding carboxylic acids is 2. The molecule has 118 valence electrons. The van der Waals surface area contributed by atoms with Crippen molar-refractivity contribution in [2.24, 2.45) is 0 Å². The largest absolute Gasteiger partial charge is 0.422 e. The van der Waals surface area contributed by atoms with Gasteiger partial charge in [0.1, 0.15) is 5.75 Å². The van der Waals surface area contributed by atoms with Gasteiger partial charge in [-0.2, -0.15) is 0 Å². The molecule has 0 radical (unpaired) electrons. The number of para-hydroxylation sites is 1. The van der Waals surface area contributed by atoms with Crippen LogP contribution < -0.4 is 4.74 Å². The van der Waals surface area contributed by atoms with Gasteiger partial charge in [-0.15, -0.1) is 0 Å². The summed E-state index contributed by atoms with van der Waals surface area (Å²) in [7, 11) is 0. The number of esters is 1. The summed E-state index contributed by atoms with van der Waals surface area (Å²) < 4.78 is 5.46. The Morgan fingerprint density at radius 2 is 1.21 bits per heavy atom. The van der Waals surface area contributed by atoms with E-state index >= 15 is 0 Å². The first kappa shape index (κ1) is 16.0. The number of benzene rings is 3. The van der Waals surface area contributed by atoms with Crippen LogP contribution in [0.25, 0.3) is 0 Å². The van der Waals surface area contributed by atoms with E-state index in [1.54, 1.807) is 60.7 Å². The van der Waals surface area contributed by atoms with Crippen molar-refractivity contribution in [2.75, 3.05) is 0 Å². The van der Waals surface area contributed by atoms with Crippen molar-refractivity contribution in [1.82, 2.24) is 0 Å². The predicted octanol–water partition coefficient (Wildman–Crippen LogP) is 4.84. The van der Waals surface area contributed by atoms with Crippen LogP contribution in [-0.4, -0.2) is 11.1 Å². The third-order valence-electron chi connectivity index (χ3n) is 3.27. The lowest BCUT2D eigenvalue weighted by Crippen LogP contribution is -2.09. The van der Waals surface area contributed by atoms with E-state index in [2.05, 4.69) is 0 Å². The second kappa shape index (κ2) is 7.62. The zero-order valence-electron chi connectivity index (χ0n) is 12.7. The number of hydrogen-bond acceptors (Lipinski definition) is 4. The van der Waals surface area contributed by atoms with E-state index in [0.29, 0.717) is 21.8 Å². The molecule has 0 aliphatic heterocycles. The van der Waals surface area contributed by atoms with Crippen LogP contribution in [0.5, 0.6) is 5.75 Å². The molecule has 0 aliphatic rings. The second-order valence-electron chi connectivity index (χ2n) is 4.96. The number of thioether (sulfide) groups is 1. The molecule has 0 aromatic heterocycles. The maximum absolute atomic E-state index is 12.3. The summed E-state index contributed by atoms with van der Waals surface area (Å²) in [5, 5.41) is -0.0983. The molecule has 3 aromatic rings. The molecule has 0 aliphatic carbocycles. The van der Waals surface area contributed by atoms with Crippen LogP contribution in [0.3, 0.4) is 0 Å². The Kier molecular flexibility index (Phi) is 5.08. The summed E-state index contributed by atoms with van der Waals surface area (Å²) >= 11 is 1.04. The van der Waals surface area contributed by atoms with Gasteiger partial charge in [-0.05, 0) is 36.0 Å². The number of rotatable bonds is 4. The van der Waals surface area contributed by atoms with Gasteiger partial charge in [0.05, 0.1) is 10.5 Å². The van der Waals surface area contributed by atoms with Gasteiger partial charge >= 0.3 is 5.97 Å². The Morgan fingerprint density at radius 3 is 1.88 bits per heavy atom. The highest BCUT2D eigenvalue weighted by molar-refractivity contribution is 8.14. The predicted molar refractivity (Wildman–Crippen MR) is 94.5 cm³/mol. The lowest BCUT2D eigenvalue weighted by atomic mass is 10.2. The van der Waals surface area contributed by atoms with E-state index in [-0.39, 0.29) is 5.12 Å². The molecule has 3 aromatic carbocycles. The van der Waals surface area contributed by atoms with E-state index in [1.165, 1.54) is 0 Å². The Hall–Kier alpha value is -2.85. The fourth-order valence-corrected chi connectivity index (χ4v) is 2.90. The van der Waals surface area contributed by atoms with Gasteiger partial charge in [0.15, 0.2) is 0 Å². The second-order valence-corrected chi connectivity index (χ2v) is 5.97. The van der Waals surface area contributed by atoms with Gasteiger partial charge < -0.3 is 4.74 Å². The monoisotopic (exact) mass is 334 g/mol. The summed E-state index contributed by atoms with van der Waals surface area (Å²) in [5.74, 6) is -0.0727. The number of ether oxygens (including phenoxy) is 1. The van der Waals surface area contributed by atoms with Crippen molar-refractivity contribution in [1.29, 1.82) is 0 Å². The highest BCUT2D eigenvalue weighted by Gasteiger charge is 2.15. The fourth-order valence-electron chi connectivity index (χ4n) is 2.08. The average molecular weight is 334 g/mol. The third-order valence-corrected chi connectivity index (χ3v) is 4.25. The van der Waals surface area contributed by atoms with Crippen LogP contribution in [0.2, 0.25) is 0 Å². The number of carbonyl (C=O) groups is 2. The molecule has 0 spiro atoms. The summed E-state index contributed by atoms with van der Waals surface area (Å²) in [5.41, 5.74) is 1.07. The van der Waals surface area contributed by atoms with Crippen LogP contribution in [0.4, 0.5) is 0 Å². The van der Waals surface area contributed by atoms with Crippen LogP contribution in [0.15, 0.2) is 89.8 Å². The molecular formula is C20H14O3S. The SMILES string of the molecule is O=C(Oc1ccccc1SC(=O)c1ccccc1)c1ccccc1. The van der Waals surface area contributed by atoms with Gasteiger partial charge in [0, 0.05) is 5.56 Å². The van der Waals surface area contributed by atoms with Crippen LogP contribution in [0.1, 0.15) is 20.7 Å². The first-order valence-electron chi connectivity index (χ1n) is 7.37. The molecule has 0 saturated carbocycles.